The number of hydrogen-bond donors (Lipinski definition) is 2. The monoisotopic (exact) mass is 526 g/mol. The third-order valence-corrected chi connectivity index (χ3v) is 8.80. The average Bonchev–Trinajstić information content (AvgIpc) is 3.39. The molecule has 36 heavy (non-hydrogen) atoms. The molecule has 1 atom stereocenters. The number of halogens is 1. The minimum absolute atomic E-state index is 0.0846. The molecule has 8 heteroatoms. The largest absolute Gasteiger partial charge is 0.361 e. The van der Waals surface area contributed by atoms with Crippen LogP contribution in [0, 0.1) is 0 Å². The molecule has 1 aromatic heterocycles. The van der Waals surface area contributed by atoms with E-state index < -0.39 is 0 Å². The van der Waals surface area contributed by atoms with Crippen LogP contribution in [-0.4, -0.2) is 47.3 Å². The van der Waals surface area contributed by atoms with Crippen LogP contribution in [0.15, 0.2) is 30.3 Å². The molecule has 2 saturated heterocycles. The van der Waals surface area contributed by atoms with Gasteiger partial charge in [0.15, 0.2) is 5.11 Å². The number of nitrogens with zero attached hydrogens (tertiary/aromatic N) is 4. The number of anilines is 3. The second kappa shape index (κ2) is 11.5. The molecule has 5 rings (SSSR count). The van der Waals surface area contributed by atoms with Gasteiger partial charge in [0.2, 0.25) is 5.95 Å². The number of rotatable bonds is 6. The van der Waals surface area contributed by atoms with E-state index in [1.807, 2.05) is 12.1 Å². The first-order chi connectivity index (χ1) is 17.5. The van der Waals surface area contributed by atoms with Gasteiger partial charge in [0, 0.05) is 48.7 Å². The maximum Gasteiger partial charge on any atom is 0.232 e. The number of benzene rings is 1. The van der Waals surface area contributed by atoms with Crippen LogP contribution < -0.4 is 20.4 Å². The molecule has 0 unspecified atom stereocenters. The van der Waals surface area contributed by atoms with Gasteiger partial charge in [-0.15, -0.1) is 0 Å². The first-order valence-electron chi connectivity index (χ1n) is 13.7. The van der Waals surface area contributed by atoms with Gasteiger partial charge in [0.1, 0.15) is 11.6 Å². The average molecular weight is 527 g/mol. The highest BCUT2D eigenvalue weighted by molar-refractivity contribution is 7.80. The predicted octanol–water partition coefficient (Wildman–Crippen LogP) is 6.30. The van der Waals surface area contributed by atoms with E-state index in [1.54, 1.807) is 0 Å². The van der Waals surface area contributed by atoms with Gasteiger partial charge >= 0.3 is 0 Å². The third kappa shape index (κ3) is 5.88. The molecule has 194 valence electrons. The molecule has 0 bridgehead atoms. The second-order valence-corrected chi connectivity index (χ2v) is 11.6. The molecule has 0 spiro atoms. The van der Waals surface area contributed by atoms with Gasteiger partial charge in [-0.05, 0) is 88.2 Å². The fourth-order valence-corrected chi connectivity index (χ4v) is 6.46. The van der Waals surface area contributed by atoms with Crippen LogP contribution in [0.1, 0.15) is 76.7 Å². The summed E-state index contributed by atoms with van der Waals surface area (Å²) in [6.45, 7) is 6.25. The van der Waals surface area contributed by atoms with Crippen molar-refractivity contribution in [2.75, 3.05) is 41.3 Å². The van der Waals surface area contributed by atoms with Crippen LogP contribution in [0.3, 0.4) is 0 Å². The van der Waals surface area contributed by atoms with Crippen molar-refractivity contribution < 1.29 is 0 Å². The van der Waals surface area contributed by atoms with Crippen LogP contribution >= 0.6 is 23.8 Å². The molecular formula is C28H39ClN6S. The zero-order valence-corrected chi connectivity index (χ0v) is 23.0. The van der Waals surface area contributed by atoms with Gasteiger partial charge in [0.25, 0.3) is 0 Å². The Morgan fingerprint density at radius 2 is 1.67 bits per heavy atom. The molecule has 3 fully saturated rings. The summed E-state index contributed by atoms with van der Waals surface area (Å²) in [5.74, 6) is 2.61. The highest BCUT2D eigenvalue weighted by atomic mass is 35.5. The van der Waals surface area contributed by atoms with Gasteiger partial charge in [-0.2, -0.15) is 9.97 Å². The van der Waals surface area contributed by atoms with E-state index in [0.29, 0.717) is 17.1 Å². The van der Waals surface area contributed by atoms with Gasteiger partial charge in [-0.3, -0.25) is 0 Å². The maximum atomic E-state index is 6.16. The SMILES string of the molecule is C[C@@H]1CCCCN1c1cc(N2CCCCC2)nc(NC(=S)NCC2(c3ccc(Cl)cc3)CCCC2)n1. The number of thiocarbonyl (C=S) groups is 1. The van der Waals surface area contributed by atoms with E-state index in [0.717, 1.165) is 55.7 Å². The van der Waals surface area contributed by atoms with E-state index in [4.69, 9.17) is 33.8 Å². The van der Waals surface area contributed by atoms with Crippen LogP contribution in [0.4, 0.5) is 17.6 Å². The molecule has 1 saturated carbocycles. The molecule has 0 radical (unpaired) electrons. The summed E-state index contributed by atoms with van der Waals surface area (Å²) in [6.07, 6.45) is 12.2. The lowest BCUT2D eigenvalue weighted by Gasteiger charge is -2.35. The minimum atomic E-state index is 0.0846. The van der Waals surface area contributed by atoms with E-state index in [1.165, 1.54) is 56.9 Å². The zero-order chi connectivity index (χ0) is 25.0. The summed E-state index contributed by atoms with van der Waals surface area (Å²) >= 11 is 11.9. The van der Waals surface area contributed by atoms with Crippen molar-refractivity contribution in [1.82, 2.24) is 15.3 Å². The Balaban J connectivity index is 1.32. The Hall–Kier alpha value is -2.12. The molecule has 1 aliphatic carbocycles. The van der Waals surface area contributed by atoms with E-state index in [9.17, 15) is 0 Å². The number of nitrogens with one attached hydrogen (secondary N) is 2. The Morgan fingerprint density at radius 3 is 2.39 bits per heavy atom. The summed E-state index contributed by atoms with van der Waals surface area (Å²) in [7, 11) is 0. The molecule has 2 N–H and O–H groups in total. The highest BCUT2D eigenvalue weighted by Crippen LogP contribution is 2.41. The van der Waals surface area contributed by atoms with E-state index >= 15 is 0 Å². The van der Waals surface area contributed by atoms with Gasteiger partial charge < -0.3 is 20.4 Å². The summed E-state index contributed by atoms with van der Waals surface area (Å²) in [4.78, 5) is 14.7. The quantitative estimate of drug-likeness (QED) is 0.428. The molecule has 6 nitrogen and oxygen atoms in total. The number of hydrogen-bond acceptors (Lipinski definition) is 5. The van der Waals surface area contributed by atoms with Gasteiger partial charge in [-0.1, -0.05) is 36.6 Å². The highest BCUT2D eigenvalue weighted by Gasteiger charge is 2.35. The molecular weight excluding hydrogens is 488 g/mol. The topological polar surface area (TPSA) is 56.3 Å². The molecule has 0 amide bonds. The summed E-state index contributed by atoms with van der Waals surface area (Å²) in [5, 5.41) is 8.22. The van der Waals surface area contributed by atoms with Gasteiger partial charge in [-0.25, -0.2) is 0 Å². The Bertz CT molecular complexity index is 1030. The lowest BCUT2D eigenvalue weighted by molar-refractivity contribution is 0.435. The van der Waals surface area contributed by atoms with Crippen LogP contribution in [0.2, 0.25) is 5.02 Å². The zero-order valence-electron chi connectivity index (χ0n) is 21.4. The third-order valence-electron chi connectivity index (χ3n) is 8.31. The fraction of sp³-hybridized carbons (Fsp3) is 0.607. The van der Waals surface area contributed by atoms with Crippen molar-refractivity contribution in [3.8, 4) is 0 Å². The van der Waals surface area contributed by atoms with Crippen molar-refractivity contribution >= 4 is 46.5 Å². The van der Waals surface area contributed by atoms with Crippen LogP contribution in [-0.2, 0) is 5.41 Å². The summed E-state index contributed by atoms with van der Waals surface area (Å²) < 4.78 is 0. The van der Waals surface area contributed by atoms with Crippen molar-refractivity contribution in [3.63, 3.8) is 0 Å². The van der Waals surface area contributed by atoms with Crippen molar-refractivity contribution in [2.45, 2.75) is 82.6 Å². The second-order valence-electron chi connectivity index (χ2n) is 10.8. The van der Waals surface area contributed by atoms with Crippen LogP contribution in [0.25, 0.3) is 0 Å². The number of aromatic nitrogens is 2. The molecule has 3 aliphatic rings. The normalized spacial score (nSPS) is 21.9. The Labute approximate surface area is 226 Å². The van der Waals surface area contributed by atoms with Crippen molar-refractivity contribution in [2.24, 2.45) is 0 Å². The lowest BCUT2D eigenvalue weighted by atomic mass is 9.79. The fourth-order valence-electron chi connectivity index (χ4n) is 6.17. The number of piperidine rings is 2. The van der Waals surface area contributed by atoms with E-state index in [-0.39, 0.29) is 5.41 Å². The van der Waals surface area contributed by atoms with Crippen molar-refractivity contribution in [1.29, 1.82) is 0 Å². The van der Waals surface area contributed by atoms with E-state index in [2.05, 4.69) is 45.6 Å². The smallest absolute Gasteiger partial charge is 0.232 e. The lowest BCUT2D eigenvalue weighted by Crippen LogP contribution is -2.41. The summed E-state index contributed by atoms with van der Waals surface area (Å²) in [6, 6.07) is 11.0. The maximum absolute atomic E-state index is 6.16. The minimum Gasteiger partial charge on any atom is -0.361 e. The Kier molecular flexibility index (Phi) is 8.16. The molecule has 2 aromatic rings. The molecule has 2 aliphatic heterocycles. The Morgan fingerprint density at radius 1 is 0.972 bits per heavy atom. The predicted molar refractivity (Wildman–Crippen MR) is 155 cm³/mol. The summed E-state index contributed by atoms with van der Waals surface area (Å²) in [5.41, 5.74) is 1.42. The molecule has 3 heterocycles. The van der Waals surface area contributed by atoms with Crippen molar-refractivity contribution in [3.05, 3.63) is 40.9 Å². The first-order valence-corrected chi connectivity index (χ1v) is 14.5. The van der Waals surface area contributed by atoms with Gasteiger partial charge in [0.05, 0.1) is 0 Å². The standard InChI is InChI=1S/C28H39ClN6S/c1-21-9-3-8-18-35(21)25-19-24(34-16-6-2-7-17-34)31-26(32-25)33-27(36)30-20-28(14-4-5-15-28)22-10-12-23(29)13-11-22/h10-13,19,21H,2-9,14-18,20H2,1H3,(H2,30,31,32,33,36)/t21-/m1/s1. The van der Waals surface area contributed by atoms with Crippen LogP contribution in [0.5, 0.6) is 0 Å². The molecule has 1 aromatic carbocycles. The first kappa shape index (κ1) is 25.5.